The monoisotopic (exact) mass is 190 g/mol. The van der Waals surface area contributed by atoms with E-state index in [9.17, 15) is 5.11 Å². The lowest BCUT2D eigenvalue weighted by atomic mass is 10.2. The van der Waals surface area contributed by atoms with E-state index < -0.39 is 6.10 Å². The molecule has 2 rings (SSSR count). The Bertz CT molecular complexity index is 434. The SMILES string of the molecule is CC(O)C(C)n1ncc2ccccc21. The van der Waals surface area contributed by atoms with Crippen molar-refractivity contribution < 1.29 is 5.11 Å². The largest absolute Gasteiger partial charge is 0.391 e. The third-order valence-corrected chi connectivity index (χ3v) is 2.59. The van der Waals surface area contributed by atoms with Gasteiger partial charge in [-0.2, -0.15) is 5.10 Å². The molecule has 0 aliphatic rings. The number of aliphatic hydroxyl groups excluding tert-OH is 1. The number of rotatable bonds is 2. The van der Waals surface area contributed by atoms with Gasteiger partial charge >= 0.3 is 0 Å². The van der Waals surface area contributed by atoms with E-state index in [2.05, 4.69) is 5.10 Å². The molecule has 0 radical (unpaired) electrons. The molecule has 0 spiro atoms. The van der Waals surface area contributed by atoms with Gasteiger partial charge in [-0.15, -0.1) is 0 Å². The van der Waals surface area contributed by atoms with Gasteiger partial charge in [-0.3, -0.25) is 4.68 Å². The van der Waals surface area contributed by atoms with Gasteiger partial charge in [-0.1, -0.05) is 18.2 Å². The molecule has 0 fully saturated rings. The Morgan fingerprint density at radius 3 is 2.71 bits per heavy atom. The normalized spacial score (nSPS) is 15.6. The van der Waals surface area contributed by atoms with Crippen LogP contribution in [0.25, 0.3) is 10.9 Å². The minimum Gasteiger partial charge on any atom is -0.391 e. The maximum absolute atomic E-state index is 9.49. The summed E-state index contributed by atoms with van der Waals surface area (Å²) >= 11 is 0. The van der Waals surface area contributed by atoms with Crippen LogP contribution < -0.4 is 0 Å². The number of benzene rings is 1. The zero-order chi connectivity index (χ0) is 10.1. The molecule has 0 bridgehead atoms. The van der Waals surface area contributed by atoms with Crippen LogP contribution in [0.4, 0.5) is 0 Å². The molecule has 1 heterocycles. The van der Waals surface area contributed by atoms with Crippen LogP contribution in [0.1, 0.15) is 19.9 Å². The van der Waals surface area contributed by atoms with E-state index in [1.54, 1.807) is 6.92 Å². The van der Waals surface area contributed by atoms with Crippen molar-refractivity contribution >= 4 is 10.9 Å². The summed E-state index contributed by atoms with van der Waals surface area (Å²) in [6.07, 6.45) is 1.44. The standard InChI is InChI=1S/C11H14N2O/c1-8(9(2)14)13-11-6-4-3-5-10(11)7-12-13/h3-9,14H,1-2H3. The molecule has 1 aromatic carbocycles. The van der Waals surface area contributed by atoms with E-state index >= 15 is 0 Å². The van der Waals surface area contributed by atoms with Gasteiger partial charge in [0, 0.05) is 5.39 Å². The highest BCUT2D eigenvalue weighted by Gasteiger charge is 2.13. The molecule has 0 aliphatic carbocycles. The maximum atomic E-state index is 9.49. The van der Waals surface area contributed by atoms with Crippen LogP contribution >= 0.6 is 0 Å². The number of aromatic nitrogens is 2. The van der Waals surface area contributed by atoms with E-state index in [1.165, 1.54) is 0 Å². The highest BCUT2D eigenvalue weighted by atomic mass is 16.3. The Labute approximate surface area is 83.0 Å². The molecule has 1 aromatic heterocycles. The van der Waals surface area contributed by atoms with Crippen LogP contribution in [0.2, 0.25) is 0 Å². The molecule has 1 N–H and O–H groups in total. The molecule has 3 heteroatoms. The fourth-order valence-electron chi connectivity index (χ4n) is 1.52. The molecule has 14 heavy (non-hydrogen) atoms. The first-order valence-corrected chi connectivity index (χ1v) is 4.80. The first kappa shape index (κ1) is 9.21. The van der Waals surface area contributed by atoms with Crippen molar-refractivity contribution in [3.05, 3.63) is 30.5 Å². The second-order valence-corrected chi connectivity index (χ2v) is 3.63. The Hall–Kier alpha value is -1.35. The van der Waals surface area contributed by atoms with Gasteiger partial charge < -0.3 is 5.11 Å². The lowest BCUT2D eigenvalue weighted by Gasteiger charge is -2.16. The maximum Gasteiger partial charge on any atom is 0.0754 e. The van der Waals surface area contributed by atoms with Crippen LogP contribution in [0.3, 0.4) is 0 Å². The molecule has 0 saturated heterocycles. The summed E-state index contributed by atoms with van der Waals surface area (Å²) in [6.45, 7) is 3.74. The van der Waals surface area contributed by atoms with Gasteiger partial charge in [-0.05, 0) is 19.9 Å². The number of fused-ring (bicyclic) bond motifs is 1. The lowest BCUT2D eigenvalue weighted by Crippen LogP contribution is -2.19. The van der Waals surface area contributed by atoms with Gasteiger partial charge in [0.15, 0.2) is 0 Å². The van der Waals surface area contributed by atoms with Gasteiger partial charge in [0.2, 0.25) is 0 Å². The molecular formula is C11H14N2O. The number of hydrogen-bond donors (Lipinski definition) is 1. The fourth-order valence-corrected chi connectivity index (χ4v) is 1.52. The van der Waals surface area contributed by atoms with Gasteiger partial charge in [-0.25, -0.2) is 0 Å². The van der Waals surface area contributed by atoms with Crippen molar-refractivity contribution in [2.75, 3.05) is 0 Å². The zero-order valence-electron chi connectivity index (χ0n) is 8.38. The summed E-state index contributed by atoms with van der Waals surface area (Å²) < 4.78 is 1.86. The fraction of sp³-hybridized carbons (Fsp3) is 0.364. The third kappa shape index (κ3) is 1.40. The smallest absolute Gasteiger partial charge is 0.0754 e. The first-order chi connectivity index (χ1) is 6.70. The molecule has 2 atom stereocenters. The van der Waals surface area contributed by atoms with Crippen LogP contribution in [0, 0.1) is 0 Å². The van der Waals surface area contributed by atoms with Crippen molar-refractivity contribution in [2.24, 2.45) is 0 Å². The average Bonchev–Trinajstić information content (AvgIpc) is 2.60. The van der Waals surface area contributed by atoms with Crippen molar-refractivity contribution in [3.8, 4) is 0 Å². The van der Waals surface area contributed by atoms with Crippen LogP contribution in [0.5, 0.6) is 0 Å². The van der Waals surface area contributed by atoms with Gasteiger partial charge in [0.25, 0.3) is 0 Å². The predicted octanol–water partition coefficient (Wildman–Crippen LogP) is 1.98. The molecule has 2 unspecified atom stereocenters. The summed E-state index contributed by atoms with van der Waals surface area (Å²) in [7, 11) is 0. The molecule has 0 amide bonds. The first-order valence-electron chi connectivity index (χ1n) is 4.80. The van der Waals surface area contributed by atoms with Crippen molar-refractivity contribution in [2.45, 2.75) is 26.0 Å². The van der Waals surface area contributed by atoms with Crippen molar-refractivity contribution in [1.29, 1.82) is 0 Å². The topological polar surface area (TPSA) is 38.0 Å². The zero-order valence-corrected chi connectivity index (χ0v) is 8.38. The second kappa shape index (κ2) is 3.42. The van der Waals surface area contributed by atoms with Gasteiger partial charge in [0.1, 0.15) is 0 Å². The van der Waals surface area contributed by atoms with Crippen LogP contribution in [-0.4, -0.2) is 21.0 Å². The quantitative estimate of drug-likeness (QED) is 0.786. The van der Waals surface area contributed by atoms with Crippen molar-refractivity contribution in [3.63, 3.8) is 0 Å². The predicted molar refractivity (Wildman–Crippen MR) is 56.1 cm³/mol. The highest BCUT2D eigenvalue weighted by molar-refractivity contribution is 5.78. The van der Waals surface area contributed by atoms with E-state index in [-0.39, 0.29) is 6.04 Å². The van der Waals surface area contributed by atoms with Crippen molar-refractivity contribution in [1.82, 2.24) is 9.78 Å². The van der Waals surface area contributed by atoms with E-state index in [0.29, 0.717) is 0 Å². The summed E-state index contributed by atoms with van der Waals surface area (Å²) in [5.41, 5.74) is 1.07. The molecule has 0 aliphatic heterocycles. The Morgan fingerprint density at radius 1 is 1.29 bits per heavy atom. The van der Waals surface area contributed by atoms with E-state index in [1.807, 2.05) is 42.1 Å². The third-order valence-electron chi connectivity index (χ3n) is 2.59. The number of hydrogen-bond acceptors (Lipinski definition) is 2. The van der Waals surface area contributed by atoms with E-state index in [0.717, 1.165) is 10.9 Å². The number of nitrogens with zero attached hydrogens (tertiary/aromatic N) is 2. The van der Waals surface area contributed by atoms with Crippen LogP contribution in [-0.2, 0) is 0 Å². The Balaban J connectivity index is 2.53. The minimum absolute atomic E-state index is 0.00917. The number of para-hydroxylation sites is 1. The molecule has 3 nitrogen and oxygen atoms in total. The highest BCUT2D eigenvalue weighted by Crippen LogP contribution is 2.19. The Morgan fingerprint density at radius 2 is 2.00 bits per heavy atom. The van der Waals surface area contributed by atoms with Gasteiger partial charge in [0.05, 0.1) is 23.9 Å². The lowest BCUT2D eigenvalue weighted by molar-refractivity contribution is 0.135. The minimum atomic E-state index is -0.390. The summed E-state index contributed by atoms with van der Waals surface area (Å²) in [5, 5.41) is 14.9. The molecule has 2 aromatic rings. The van der Waals surface area contributed by atoms with E-state index in [4.69, 9.17) is 0 Å². The average molecular weight is 190 g/mol. The molecule has 0 saturated carbocycles. The summed E-state index contributed by atoms with van der Waals surface area (Å²) in [4.78, 5) is 0. The summed E-state index contributed by atoms with van der Waals surface area (Å²) in [6, 6.07) is 8.01. The van der Waals surface area contributed by atoms with Crippen LogP contribution in [0.15, 0.2) is 30.5 Å². The Kier molecular flexibility index (Phi) is 2.25. The molecule has 74 valence electrons. The molecular weight excluding hydrogens is 176 g/mol. The number of aliphatic hydroxyl groups is 1. The summed E-state index contributed by atoms with van der Waals surface area (Å²) in [5.74, 6) is 0. The second-order valence-electron chi connectivity index (χ2n) is 3.63.